The number of benzene rings is 2. The second kappa shape index (κ2) is 10.8. The van der Waals surface area contributed by atoms with Gasteiger partial charge in [-0.25, -0.2) is 14.4 Å². The second-order valence-corrected chi connectivity index (χ2v) is 5.35. The van der Waals surface area contributed by atoms with Gasteiger partial charge in [0.05, 0.1) is 11.1 Å². The predicted octanol–water partition coefficient (Wildman–Crippen LogP) is 2.28. The first-order valence-electron chi connectivity index (χ1n) is 7.84. The normalized spacial score (nSPS) is 10.9. The zero-order valence-corrected chi connectivity index (χ0v) is 15.0. The molecule has 0 aliphatic rings. The van der Waals surface area contributed by atoms with E-state index in [4.69, 9.17) is 5.73 Å². The van der Waals surface area contributed by atoms with Gasteiger partial charge in [0.2, 0.25) is 0 Å². The average Bonchev–Trinajstić information content (AvgIpc) is 2.67. The van der Waals surface area contributed by atoms with Crippen LogP contribution >= 0.6 is 12.4 Å². The maximum atomic E-state index is 11.8. The van der Waals surface area contributed by atoms with Gasteiger partial charge in [-0.1, -0.05) is 36.4 Å². The molecular formula is C19H18ClNO6. The lowest BCUT2D eigenvalue weighted by atomic mass is 10.1. The molecule has 2 aromatic rings. The number of carbonyl (C=O) groups excluding carboxylic acids is 4. The lowest BCUT2D eigenvalue weighted by Crippen LogP contribution is -2.34. The number of esters is 4. The van der Waals surface area contributed by atoms with E-state index in [0.29, 0.717) is 0 Å². The van der Waals surface area contributed by atoms with Crippen LogP contribution in [-0.2, 0) is 19.1 Å². The zero-order valence-electron chi connectivity index (χ0n) is 14.2. The fourth-order valence-electron chi connectivity index (χ4n) is 1.98. The molecule has 7 nitrogen and oxygen atoms in total. The summed E-state index contributed by atoms with van der Waals surface area (Å²) in [6.45, 7) is 0. The number of carbonyl (C=O) groups is 4. The van der Waals surface area contributed by atoms with E-state index < -0.39 is 29.9 Å². The number of halogens is 1. The summed E-state index contributed by atoms with van der Waals surface area (Å²) < 4.78 is 9.32. The van der Waals surface area contributed by atoms with Crippen LogP contribution in [0.1, 0.15) is 33.6 Å². The summed E-state index contributed by atoms with van der Waals surface area (Å²) in [6.07, 6.45) is -0.393. The molecule has 0 amide bonds. The third-order valence-corrected chi connectivity index (χ3v) is 3.38. The van der Waals surface area contributed by atoms with E-state index >= 15 is 0 Å². The number of hydrogen-bond acceptors (Lipinski definition) is 7. The van der Waals surface area contributed by atoms with Crippen molar-refractivity contribution in [2.75, 3.05) is 0 Å². The minimum atomic E-state index is -1.19. The topological polar surface area (TPSA) is 113 Å². The number of rotatable bonds is 6. The van der Waals surface area contributed by atoms with Gasteiger partial charge in [-0.2, -0.15) is 0 Å². The van der Waals surface area contributed by atoms with Crippen molar-refractivity contribution in [3.8, 4) is 0 Å². The standard InChI is InChI=1S/C19H17NO6.ClH/c20-15(19(24)26-18(23)14-9-5-2-6-10-14)11-12-16(21)25-17(22)13-7-3-1-4-8-13;/h1-10,15H,11-12,20H2;1H/t15-;/m0./s1. The van der Waals surface area contributed by atoms with Gasteiger partial charge in [0.1, 0.15) is 6.04 Å². The lowest BCUT2D eigenvalue weighted by Gasteiger charge is -2.10. The summed E-state index contributed by atoms with van der Waals surface area (Å²) in [4.78, 5) is 47.0. The SMILES string of the molecule is Cl.N[C@@H](CCC(=O)OC(=O)c1ccccc1)C(=O)OC(=O)c1ccccc1. The van der Waals surface area contributed by atoms with Gasteiger partial charge in [-0.05, 0) is 30.7 Å². The highest BCUT2D eigenvalue weighted by atomic mass is 35.5. The van der Waals surface area contributed by atoms with Crippen LogP contribution in [0.3, 0.4) is 0 Å². The van der Waals surface area contributed by atoms with Crippen LogP contribution in [0.25, 0.3) is 0 Å². The van der Waals surface area contributed by atoms with Crippen LogP contribution in [0.2, 0.25) is 0 Å². The summed E-state index contributed by atoms with van der Waals surface area (Å²) >= 11 is 0. The molecule has 0 unspecified atom stereocenters. The summed E-state index contributed by atoms with van der Waals surface area (Å²) in [5, 5.41) is 0. The Labute approximate surface area is 161 Å². The van der Waals surface area contributed by atoms with Crippen LogP contribution in [0.4, 0.5) is 0 Å². The summed E-state index contributed by atoms with van der Waals surface area (Å²) in [5.41, 5.74) is 6.06. The maximum absolute atomic E-state index is 11.8. The first kappa shape index (κ1) is 22.0. The lowest BCUT2D eigenvalue weighted by molar-refractivity contribution is -0.140. The van der Waals surface area contributed by atoms with Crippen LogP contribution < -0.4 is 5.73 Å². The molecule has 0 radical (unpaired) electrons. The fourth-order valence-corrected chi connectivity index (χ4v) is 1.98. The van der Waals surface area contributed by atoms with Crippen molar-refractivity contribution in [3.05, 3.63) is 71.8 Å². The minimum Gasteiger partial charge on any atom is -0.389 e. The van der Waals surface area contributed by atoms with Crippen LogP contribution in [-0.4, -0.2) is 29.9 Å². The Morgan fingerprint density at radius 2 is 1.22 bits per heavy atom. The summed E-state index contributed by atoms with van der Waals surface area (Å²) in [5.74, 6) is -3.39. The van der Waals surface area contributed by atoms with Gasteiger partial charge in [-0.3, -0.25) is 4.79 Å². The van der Waals surface area contributed by atoms with Gasteiger partial charge in [0.25, 0.3) is 0 Å². The second-order valence-electron chi connectivity index (χ2n) is 5.35. The highest BCUT2D eigenvalue weighted by Gasteiger charge is 2.22. The molecule has 0 aliphatic heterocycles. The van der Waals surface area contributed by atoms with Gasteiger partial charge in [0, 0.05) is 6.42 Å². The molecule has 0 heterocycles. The summed E-state index contributed by atoms with van der Waals surface area (Å²) in [7, 11) is 0. The van der Waals surface area contributed by atoms with E-state index in [-0.39, 0.29) is 36.4 Å². The Morgan fingerprint density at radius 3 is 1.70 bits per heavy atom. The van der Waals surface area contributed by atoms with Crippen molar-refractivity contribution >= 4 is 36.3 Å². The minimum absolute atomic E-state index is 0. The van der Waals surface area contributed by atoms with Crippen LogP contribution in [0.5, 0.6) is 0 Å². The molecule has 0 saturated heterocycles. The molecule has 2 rings (SSSR count). The average molecular weight is 392 g/mol. The smallest absolute Gasteiger partial charge is 0.345 e. The monoisotopic (exact) mass is 391 g/mol. The van der Waals surface area contributed by atoms with Crippen molar-refractivity contribution in [2.24, 2.45) is 5.73 Å². The van der Waals surface area contributed by atoms with Crippen molar-refractivity contribution < 1.29 is 28.7 Å². The Balaban J connectivity index is 0.00000364. The van der Waals surface area contributed by atoms with Crippen molar-refractivity contribution in [1.29, 1.82) is 0 Å². The van der Waals surface area contributed by atoms with Crippen LogP contribution in [0.15, 0.2) is 60.7 Å². The van der Waals surface area contributed by atoms with E-state index in [1.54, 1.807) is 36.4 Å². The molecule has 0 spiro atoms. The highest BCUT2D eigenvalue weighted by Crippen LogP contribution is 2.06. The third kappa shape index (κ3) is 7.01. The van der Waals surface area contributed by atoms with Crippen molar-refractivity contribution in [3.63, 3.8) is 0 Å². The number of hydrogen-bond donors (Lipinski definition) is 1. The van der Waals surface area contributed by atoms with Crippen molar-refractivity contribution in [2.45, 2.75) is 18.9 Å². The molecule has 1 atom stereocenters. The molecule has 2 N–H and O–H groups in total. The molecule has 142 valence electrons. The quantitative estimate of drug-likeness (QED) is 0.593. The molecule has 8 heteroatoms. The molecule has 0 saturated carbocycles. The third-order valence-electron chi connectivity index (χ3n) is 3.38. The molecule has 2 aromatic carbocycles. The van der Waals surface area contributed by atoms with Gasteiger partial charge in [0.15, 0.2) is 0 Å². The van der Waals surface area contributed by atoms with Gasteiger partial charge >= 0.3 is 23.9 Å². The molecule has 0 aromatic heterocycles. The van der Waals surface area contributed by atoms with E-state index in [1.807, 2.05) is 0 Å². The van der Waals surface area contributed by atoms with Crippen molar-refractivity contribution in [1.82, 2.24) is 0 Å². The maximum Gasteiger partial charge on any atom is 0.345 e. The molecule has 0 fully saturated rings. The zero-order chi connectivity index (χ0) is 18.9. The Morgan fingerprint density at radius 1 is 0.778 bits per heavy atom. The Bertz CT molecular complexity index is 794. The Hall–Kier alpha value is -3.03. The number of nitrogens with two attached hydrogens (primary N) is 1. The molecule has 0 bridgehead atoms. The van der Waals surface area contributed by atoms with Crippen LogP contribution in [0, 0.1) is 0 Å². The van der Waals surface area contributed by atoms with Gasteiger partial charge < -0.3 is 15.2 Å². The molecular weight excluding hydrogens is 374 g/mol. The molecule has 0 aliphatic carbocycles. The van der Waals surface area contributed by atoms with Gasteiger partial charge in [-0.15, -0.1) is 12.4 Å². The van der Waals surface area contributed by atoms with E-state index in [9.17, 15) is 19.2 Å². The predicted molar refractivity (Wildman–Crippen MR) is 98.2 cm³/mol. The van der Waals surface area contributed by atoms with E-state index in [1.165, 1.54) is 24.3 Å². The number of ether oxygens (including phenoxy) is 2. The van der Waals surface area contributed by atoms with E-state index in [2.05, 4.69) is 9.47 Å². The Kier molecular flexibility index (Phi) is 8.84. The first-order valence-corrected chi connectivity index (χ1v) is 7.84. The largest absolute Gasteiger partial charge is 0.389 e. The fraction of sp³-hybridized carbons (Fsp3) is 0.158. The first-order chi connectivity index (χ1) is 12.5. The van der Waals surface area contributed by atoms with E-state index in [0.717, 1.165) is 0 Å². The summed E-state index contributed by atoms with van der Waals surface area (Å²) in [6, 6.07) is 14.8. The molecule has 27 heavy (non-hydrogen) atoms. The highest BCUT2D eigenvalue weighted by molar-refractivity contribution is 5.98.